The van der Waals surface area contributed by atoms with Gasteiger partial charge in [-0.05, 0) is 39.7 Å². The molecule has 1 heterocycles. The highest BCUT2D eigenvalue weighted by atomic mass is 32.1. The molecule has 0 radical (unpaired) electrons. The normalized spacial score (nSPS) is 11.7. The van der Waals surface area contributed by atoms with Gasteiger partial charge in [-0.1, -0.05) is 72.0 Å². The average Bonchev–Trinajstić information content (AvgIpc) is 3.10. The van der Waals surface area contributed by atoms with Gasteiger partial charge >= 0.3 is 0 Å². The molecule has 3 nitrogen and oxygen atoms in total. The molecule has 1 N–H and O–H groups in total. The summed E-state index contributed by atoms with van der Waals surface area (Å²) in [5.74, 6) is 0. The summed E-state index contributed by atoms with van der Waals surface area (Å²) in [4.78, 5) is 4.56. The van der Waals surface area contributed by atoms with Crippen molar-refractivity contribution >= 4 is 54.4 Å². The van der Waals surface area contributed by atoms with Gasteiger partial charge in [-0.25, -0.2) is 4.98 Å². The monoisotopic (exact) mass is 353 g/mol. The van der Waals surface area contributed by atoms with E-state index in [-0.39, 0.29) is 0 Å². The summed E-state index contributed by atoms with van der Waals surface area (Å²) in [6, 6.07) is 27.1. The summed E-state index contributed by atoms with van der Waals surface area (Å²) >= 11 is 1.60. The standard InChI is InChI=1S/C22H15N3S/c1-3-9-17-15(7-1)13-16-8-2-4-10-18(16)19(17)14-23-25-22-24-20-11-5-6-12-21(20)26-22/h1-14H,(H,24,25)/b23-14-. The number of hydrazone groups is 1. The van der Waals surface area contributed by atoms with E-state index in [1.165, 1.54) is 21.5 Å². The summed E-state index contributed by atoms with van der Waals surface area (Å²) in [6.45, 7) is 0. The number of fused-ring (bicyclic) bond motifs is 3. The van der Waals surface area contributed by atoms with Crippen molar-refractivity contribution in [1.29, 1.82) is 0 Å². The van der Waals surface area contributed by atoms with E-state index in [4.69, 9.17) is 0 Å². The van der Waals surface area contributed by atoms with Crippen LogP contribution in [0.25, 0.3) is 31.8 Å². The van der Waals surface area contributed by atoms with E-state index in [1.807, 2.05) is 24.4 Å². The second-order valence-electron chi connectivity index (χ2n) is 6.09. The summed E-state index contributed by atoms with van der Waals surface area (Å²) in [5.41, 5.74) is 5.20. The molecule has 0 spiro atoms. The largest absolute Gasteiger partial charge is 0.253 e. The summed E-state index contributed by atoms with van der Waals surface area (Å²) in [5, 5.41) is 10.1. The maximum Gasteiger partial charge on any atom is 0.204 e. The van der Waals surface area contributed by atoms with Gasteiger partial charge in [-0.2, -0.15) is 5.10 Å². The first-order valence-corrected chi connectivity index (χ1v) is 9.25. The third-order valence-electron chi connectivity index (χ3n) is 4.46. The van der Waals surface area contributed by atoms with Gasteiger partial charge < -0.3 is 0 Å². The lowest BCUT2D eigenvalue weighted by Gasteiger charge is -2.07. The molecule has 0 unspecified atom stereocenters. The third kappa shape index (κ3) is 2.61. The number of nitrogens with one attached hydrogen (secondary N) is 1. The van der Waals surface area contributed by atoms with Gasteiger partial charge in [-0.3, -0.25) is 5.43 Å². The minimum absolute atomic E-state index is 0.798. The van der Waals surface area contributed by atoms with Crippen LogP contribution in [0.15, 0.2) is 84.0 Å². The van der Waals surface area contributed by atoms with E-state index in [2.05, 4.69) is 76.2 Å². The number of hydrogen-bond acceptors (Lipinski definition) is 4. The molecule has 5 rings (SSSR count). The molecule has 0 bridgehead atoms. The van der Waals surface area contributed by atoms with Crippen molar-refractivity contribution in [2.75, 3.05) is 5.43 Å². The van der Waals surface area contributed by atoms with Crippen molar-refractivity contribution in [3.05, 3.63) is 84.4 Å². The fraction of sp³-hybridized carbons (Fsp3) is 0. The molecular weight excluding hydrogens is 338 g/mol. The predicted molar refractivity (Wildman–Crippen MR) is 112 cm³/mol. The fourth-order valence-corrected chi connectivity index (χ4v) is 4.08. The smallest absolute Gasteiger partial charge is 0.204 e. The zero-order valence-electron chi connectivity index (χ0n) is 13.9. The minimum atomic E-state index is 0.798. The highest BCUT2D eigenvalue weighted by Gasteiger charge is 2.06. The molecule has 4 aromatic carbocycles. The Hall–Kier alpha value is -3.24. The SMILES string of the molecule is C(=N/Nc1nc2ccccc2s1)/c1c2ccccc2cc2ccccc12. The van der Waals surface area contributed by atoms with Gasteiger partial charge in [0.2, 0.25) is 5.13 Å². The Bertz CT molecular complexity index is 1180. The van der Waals surface area contributed by atoms with Crippen molar-refractivity contribution < 1.29 is 0 Å². The van der Waals surface area contributed by atoms with E-state index in [0.29, 0.717) is 0 Å². The summed E-state index contributed by atoms with van der Waals surface area (Å²) in [7, 11) is 0. The molecule has 5 aromatic rings. The van der Waals surface area contributed by atoms with Crippen molar-refractivity contribution in [1.82, 2.24) is 4.98 Å². The maximum absolute atomic E-state index is 4.56. The zero-order valence-corrected chi connectivity index (χ0v) is 14.7. The number of benzene rings is 4. The van der Waals surface area contributed by atoms with Crippen LogP contribution >= 0.6 is 11.3 Å². The number of thiazole rings is 1. The molecule has 0 saturated carbocycles. The minimum Gasteiger partial charge on any atom is -0.253 e. The lowest BCUT2D eigenvalue weighted by Crippen LogP contribution is -1.92. The van der Waals surface area contributed by atoms with Gasteiger partial charge in [0, 0.05) is 5.56 Å². The lowest BCUT2D eigenvalue weighted by molar-refractivity contribution is 1.31. The predicted octanol–water partition coefficient (Wildman–Crippen LogP) is 6.05. The molecular formula is C22H15N3S. The van der Waals surface area contributed by atoms with Gasteiger partial charge in [0.1, 0.15) is 0 Å². The Morgan fingerprint density at radius 2 is 1.46 bits per heavy atom. The van der Waals surface area contributed by atoms with E-state index in [0.717, 1.165) is 20.9 Å². The van der Waals surface area contributed by atoms with Crippen LogP contribution in [0.1, 0.15) is 5.56 Å². The first-order valence-electron chi connectivity index (χ1n) is 8.44. The van der Waals surface area contributed by atoms with E-state index >= 15 is 0 Å². The van der Waals surface area contributed by atoms with Crippen LogP contribution in [0.2, 0.25) is 0 Å². The van der Waals surface area contributed by atoms with E-state index in [1.54, 1.807) is 11.3 Å². The Balaban J connectivity index is 1.57. The number of hydrogen-bond donors (Lipinski definition) is 1. The Kier molecular flexibility index (Phi) is 3.61. The van der Waals surface area contributed by atoms with Crippen molar-refractivity contribution in [3.8, 4) is 0 Å². The van der Waals surface area contributed by atoms with Crippen LogP contribution in [-0.4, -0.2) is 11.2 Å². The quantitative estimate of drug-likeness (QED) is 0.244. The maximum atomic E-state index is 4.56. The summed E-state index contributed by atoms with van der Waals surface area (Å²) < 4.78 is 1.15. The molecule has 0 saturated heterocycles. The van der Waals surface area contributed by atoms with Gasteiger partial charge in [0.05, 0.1) is 16.4 Å². The molecule has 4 heteroatoms. The topological polar surface area (TPSA) is 37.3 Å². The molecule has 1 aromatic heterocycles. The average molecular weight is 353 g/mol. The number of aromatic nitrogens is 1. The second kappa shape index (κ2) is 6.24. The van der Waals surface area contributed by atoms with Crippen molar-refractivity contribution in [2.24, 2.45) is 5.10 Å². The fourth-order valence-electron chi connectivity index (χ4n) is 3.26. The van der Waals surface area contributed by atoms with E-state index in [9.17, 15) is 0 Å². The molecule has 26 heavy (non-hydrogen) atoms. The van der Waals surface area contributed by atoms with E-state index < -0.39 is 0 Å². The van der Waals surface area contributed by atoms with Gasteiger partial charge in [0.15, 0.2) is 0 Å². The van der Waals surface area contributed by atoms with Crippen molar-refractivity contribution in [2.45, 2.75) is 0 Å². The molecule has 0 amide bonds. The molecule has 0 aliphatic rings. The van der Waals surface area contributed by atoms with Crippen LogP contribution in [0.3, 0.4) is 0 Å². The van der Waals surface area contributed by atoms with Crippen LogP contribution in [-0.2, 0) is 0 Å². The molecule has 0 aliphatic carbocycles. The third-order valence-corrected chi connectivity index (χ3v) is 5.40. The van der Waals surface area contributed by atoms with Crippen LogP contribution < -0.4 is 5.43 Å². The molecule has 0 fully saturated rings. The Morgan fingerprint density at radius 1 is 0.808 bits per heavy atom. The van der Waals surface area contributed by atoms with Crippen LogP contribution in [0.4, 0.5) is 5.13 Å². The zero-order chi connectivity index (χ0) is 17.3. The van der Waals surface area contributed by atoms with Gasteiger partial charge in [-0.15, -0.1) is 0 Å². The van der Waals surface area contributed by atoms with Crippen LogP contribution in [0, 0.1) is 0 Å². The summed E-state index contributed by atoms with van der Waals surface area (Å²) in [6.07, 6.45) is 1.90. The highest BCUT2D eigenvalue weighted by molar-refractivity contribution is 7.22. The second-order valence-corrected chi connectivity index (χ2v) is 7.12. The molecule has 0 aliphatic heterocycles. The Labute approximate surface area is 154 Å². The highest BCUT2D eigenvalue weighted by Crippen LogP contribution is 2.28. The first-order chi connectivity index (χ1) is 12.9. The molecule has 0 atom stereocenters. The first kappa shape index (κ1) is 15.0. The van der Waals surface area contributed by atoms with Gasteiger partial charge in [0.25, 0.3) is 0 Å². The number of nitrogens with zero attached hydrogens (tertiary/aromatic N) is 2. The lowest BCUT2D eigenvalue weighted by atomic mass is 9.97. The number of anilines is 1. The van der Waals surface area contributed by atoms with Crippen molar-refractivity contribution in [3.63, 3.8) is 0 Å². The molecule has 124 valence electrons. The number of rotatable bonds is 3. The Morgan fingerprint density at radius 3 is 2.19 bits per heavy atom. The number of para-hydroxylation sites is 1. The van der Waals surface area contributed by atoms with Crippen LogP contribution in [0.5, 0.6) is 0 Å².